The summed E-state index contributed by atoms with van der Waals surface area (Å²) in [7, 11) is 0. The molecule has 0 aliphatic carbocycles. The summed E-state index contributed by atoms with van der Waals surface area (Å²) in [6, 6.07) is 11.4. The molecule has 0 fully saturated rings. The van der Waals surface area contributed by atoms with E-state index in [1.807, 2.05) is 0 Å². The van der Waals surface area contributed by atoms with Crippen molar-refractivity contribution in [1.82, 2.24) is 9.78 Å². The molecular formula is C16H11Cl3N2O3. The van der Waals surface area contributed by atoms with E-state index in [-0.39, 0.29) is 17.1 Å². The maximum atomic E-state index is 10.4. The molecule has 0 radical (unpaired) electrons. The van der Waals surface area contributed by atoms with E-state index < -0.39 is 6.29 Å². The number of aromatic hydroxyl groups is 1. The first-order valence-electron chi connectivity index (χ1n) is 6.78. The average Bonchev–Trinajstić information content (AvgIpc) is 2.86. The lowest BCUT2D eigenvalue weighted by atomic mass is 10.1. The fraction of sp³-hybridized carbons (Fsp3) is 0.0625. The Morgan fingerprint density at radius 3 is 2.12 bits per heavy atom. The Labute approximate surface area is 152 Å². The van der Waals surface area contributed by atoms with Crippen molar-refractivity contribution in [2.24, 2.45) is 0 Å². The third-order valence-corrected chi connectivity index (χ3v) is 4.18. The van der Waals surface area contributed by atoms with Crippen LogP contribution in [0.2, 0.25) is 15.1 Å². The van der Waals surface area contributed by atoms with Crippen LogP contribution in [0.1, 0.15) is 12.0 Å². The van der Waals surface area contributed by atoms with Crippen molar-refractivity contribution in [3.05, 3.63) is 63.2 Å². The van der Waals surface area contributed by atoms with Crippen molar-refractivity contribution in [3.8, 4) is 22.7 Å². The summed E-state index contributed by atoms with van der Waals surface area (Å²) in [5.41, 5.74) is 0.959. The van der Waals surface area contributed by atoms with Crippen LogP contribution in [-0.4, -0.2) is 25.1 Å². The monoisotopic (exact) mass is 384 g/mol. The molecule has 3 aromatic rings. The SMILES string of the molecule is Oc1c(C(O)O)nn(-c2ccc(Cl)cc2Cl)c1-c1ccc(Cl)cc1. The molecule has 3 rings (SSSR count). The molecule has 1 heterocycles. The Morgan fingerprint density at radius 1 is 0.917 bits per heavy atom. The lowest BCUT2D eigenvalue weighted by Gasteiger charge is -2.10. The van der Waals surface area contributed by atoms with Crippen molar-refractivity contribution < 1.29 is 15.3 Å². The van der Waals surface area contributed by atoms with Crippen LogP contribution in [0, 0.1) is 0 Å². The van der Waals surface area contributed by atoms with Crippen LogP contribution in [0.3, 0.4) is 0 Å². The van der Waals surface area contributed by atoms with Crippen LogP contribution in [-0.2, 0) is 0 Å². The Hall–Kier alpha value is -1.76. The zero-order chi connectivity index (χ0) is 17.4. The van der Waals surface area contributed by atoms with Crippen molar-refractivity contribution in [2.75, 3.05) is 0 Å². The van der Waals surface area contributed by atoms with Crippen LogP contribution in [0.25, 0.3) is 16.9 Å². The van der Waals surface area contributed by atoms with E-state index in [1.54, 1.807) is 36.4 Å². The Morgan fingerprint density at radius 2 is 1.54 bits per heavy atom. The van der Waals surface area contributed by atoms with Crippen molar-refractivity contribution in [3.63, 3.8) is 0 Å². The van der Waals surface area contributed by atoms with Crippen LogP contribution in [0.15, 0.2) is 42.5 Å². The second kappa shape index (κ2) is 6.63. The molecule has 0 spiro atoms. The van der Waals surface area contributed by atoms with Gasteiger partial charge in [0.1, 0.15) is 5.69 Å². The minimum absolute atomic E-state index is 0.249. The molecule has 124 valence electrons. The number of aromatic nitrogens is 2. The van der Waals surface area contributed by atoms with E-state index in [9.17, 15) is 15.3 Å². The molecule has 3 N–H and O–H groups in total. The third-order valence-electron chi connectivity index (χ3n) is 3.39. The molecule has 0 saturated carbocycles. The van der Waals surface area contributed by atoms with Gasteiger partial charge in [-0.2, -0.15) is 5.10 Å². The van der Waals surface area contributed by atoms with E-state index in [4.69, 9.17) is 34.8 Å². The normalized spacial score (nSPS) is 11.2. The fourth-order valence-corrected chi connectivity index (χ4v) is 2.91. The lowest BCUT2D eigenvalue weighted by Crippen LogP contribution is -2.02. The molecule has 0 saturated heterocycles. The van der Waals surface area contributed by atoms with Gasteiger partial charge in [0.15, 0.2) is 11.4 Å². The maximum absolute atomic E-state index is 10.4. The van der Waals surface area contributed by atoms with Gasteiger partial charge in [0.2, 0.25) is 6.29 Å². The summed E-state index contributed by atoms with van der Waals surface area (Å²) >= 11 is 18.0. The number of halogens is 3. The van der Waals surface area contributed by atoms with Crippen LogP contribution < -0.4 is 0 Å². The van der Waals surface area contributed by atoms with Gasteiger partial charge in [-0.25, -0.2) is 4.68 Å². The molecule has 2 aromatic carbocycles. The quantitative estimate of drug-likeness (QED) is 0.591. The first kappa shape index (κ1) is 17.1. The molecule has 5 nitrogen and oxygen atoms in total. The number of benzene rings is 2. The van der Waals surface area contributed by atoms with Gasteiger partial charge in [0.25, 0.3) is 0 Å². The van der Waals surface area contributed by atoms with Gasteiger partial charge < -0.3 is 15.3 Å². The Kier molecular flexibility index (Phi) is 4.71. The summed E-state index contributed by atoms with van der Waals surface area (Å²) < 4.78 is 1.33. The van der Waals surface area contributed by atoms with Gasteiger partial charge in [-0.1, -0.05) is 46.9 Å². The van der Waals surface area contributed by atoms with Crippen LogP contribution >= 0.6 is 34.8 Å². The number of nitrogens with zero attached hydrogens (tertiary/aromatic N) is 2. The number of hydrogen-bond acceptors (Lipinski definition) is 4. The minimum atomic E-state index is -1.94. The van der Waals surface area contributed by atoms with Gasteiger partial charge in [-0.3, -0.25) is 0 Å². The van der Waals surface area contributed by atoms with Crippen molar-refractivity contribution >= 4 is 34.8 Å². The molecule has 0 aliphatic heterocycles. The number of hydrogen-bond donors (Lipinski definition) is 3. The highest BCUT2D eigenvalue weighted by molar-refractivity contribution is 6.35. The van der Waals surface area contributed by atoms with E-state index in [2.05, 4.69) is 5.10 Å². The first-order chi connectivity index (χ1) is 11.4. The van der Waals surface area contributed by atoms with Gasteiger partial charge in [-0.05, 0) is 30.3 Å². The topological polar surface area (TPSA) is 78.5 Å². The molecule has 0 aliphatic rings. The summed E-state index contributed by atoms with van der Waals surface area (Å²) in [5, 5.41) is 34.6. The van der Waals surface area contributed by atoms with E-state index in [0.29, 0.717) is 26.3 Å². The zero-order valence-electron chi connectivity index (χ0n) is 12.0. The fourth-order valence-electron chi connectivity index (χ4n) is 2.29. The summed E-state index contributed by atoms with van der Waals surface area (Å²) in [4.78, 5) is 0. The smallest absolute Gasteiger partial charge is 0.201 e. The Balaban J connectivity index is 2.28. The highest BCUT2D eigenvalue weighted by atomic mass is 35.5. The average molecular weight is 386 g/mol. The summed E-state index contributed by atoms with van der Waals surface area (Å²) in [5.74, 6) is -0.363. The molecule has 0 atom stereocenters. The lowest BCUT2D eigenvalue weighted by molar-refractivity contribution is -0.0473. The van der Waals surface area contributed by atoms with Gasteiger partial charge in [0.05, 0.1) is 10.7 Å². The third kappa shape index (κ3) is 3.09. The van der Waals surface area contributed by atoms with Gasteiger partial charge >= 0.3 is 0 Å². The zero-order valence-corrected chi connectivity index (χ0v) is 14.3. The number of aliphatic hydroxyl groups excluding tert-OH is 1. The predicted molar refractivity (Wildman–Crippen MR) is 92.9 cm³/mol. The van der Waals surface area contributed by atoms with Gasteiger partial charge in [-0.15, -0.1) is 0 Å². The molecule has 24 heavy (non-hydrogen) atoms. The molecular weight excluding hydrogens is 375 g/mol. The molecule has 0 unspecified atom stereocenters. The number of aliphatic hydroxyl groups is 2. The highest BCUT2D eigenvalue weighted by Crippen LogP contribution is 2.38. The molecule has 0 bridgehead atoms. The minimum Gasteiger partial charge on any atom is -0.504 e. The first-order valence-corrected chi connectivity index (χ1v) is 7.91. The maximum Gasteiger partial charge on any atom is 0.201 e. The number of rotatable bonds is 3. The van der Waals surface area contributed by atoms with Crippen LogP contribution in [0.4, 0.5) is 0 Å². The summed E-state index contributed by atoms with van der Waals surface area (Å²) in [6.07, 6.45) is -1.94. The van der Waals surface area contributed by atoms with Crippen molar-refractivity contribution in [2.45, 2.75) is 6.29 Å². The van der Waals surface area contributed by atoms with Crippen molar-refractivity contribution in [1.29, 1.82) is 0 Å². The largest absolute Gasteiger partial charge is 0.504 e. The van der Waals surface area contributed by atoms with E-state index in [1.165, 1.54) is 10.7 Å². The highest BCUT2D eigenvalue weighted by Gasteiger charge is 2.24. The second-order valence-corrected chi connectivity index (χ2v) is 6.25. The van der Waals surface area contributed by atoms with E-state index >= 15 is 0 Å². The van der Waals surface area contributed by atoms with E-state index in [0.717, 1.165) is 0 Å². The summed E-state index contributed by atoms with van der Waals surface area (Å²) in [6.45, 7) is 0. The molecule has 0 amide bonds. The predicted octanol–water partition coefficient (Wildman–Crippen LogP) is 4.19. The molecule has 1 aromatic heterocycles. The second-order valence-electron chi connectivity index (χ2n) is 4.97. The van der Waals surface area contributed by atoms with Gasteiger partial charge in [0, 0.05) is 15.6 Å². The standard InChI is InChI=1S/C16H11Cl3N2O3/c17-9-3-1-8(2-4-9)14-15(22)13(16(23)24)20-21(14)12-6-5-10(18)7-11(12)19/h1-7,16,22-24H. The Bertz CT molecular complexity index is 892. The molecule has 8 heteroatoms. The van der Waals surface area contributed by atoms with Crippen LogP contribution in [0.5, 0.6) is 5.75 Å².